The van der Waals surface area contributed by atoms with E-state index in [1.54, 1.807) is 6.07 Å². The van der Waals surface area contributed by atoms with Gasteiger partial charge in [0.2, 0.25) is 0 Å². The standard InChI is InChI=1S/C22H29F3N4O/c1-15(2)29-13-18-20(30-14-22(23,24)25)11-19(27-21(18)29)17-7-5-6-16(10-17)12-28(4)9-8-26-3/h5-7,10-11,15,26H,8-9,12-14H2,1-4H3. The molecule has 1 aliphatic rings. The number of hydrogen-bond donors (Lipinski definition) is 1. The molecule has 3 rings (SSSR count). The number of pyridine rings is 1. The lowest BCUT2D eigenvalue weighted by atomic mass is 10.0. The molecular formula is C22H29F3N4O. The molecule has 8 heteroatoms. The van der Waals surface area contributed by atoms with E-state index in [0.717, 1.165) is 36.3 Å². The Labute approximate surface area is 175 Å². The van der Waals surface area contributed by atoms with Gasteiger partial charge in [0.15, 0.2) is 6.61 Å². The van der Waals surface area contributed by atoms with Gasteiger partial charge in [-0.15, -0.1) is 0 Å². The summed E-state index contributed by atoms with van der Waals surface area (Å²) >= 11 is 0. The van der Waals surface area contributed by atoms with Crippen LogP contribution in [-0.4, -0.2) is 55.9 Å². The van der Waals surface area contributed by atoms with Crippen molar-refractivity contribution in [3.05, 3.63) is 41.5 Å². The van der Waals surface area contributed by atoms with Crippen molar-refractivity contribution in [1.29, 1.82) is 0 Å². The van der Waals surface area contributed by atoms with Gasteiger partial charge >= 0.3 is 6.18 Å². The summed E-state index contributed by atoms with van der Waals surface area (Å²) in [5.74, 6) is 0.969. The summed E-state index contributed by atoms with van der Waals surface area (Å²) in [5, 5.41) is 3.13. The number of likely N-dealkylation sites (N-methyl/N-ethyl adjacent to an activating group) is 2. The summed E-state index contributed by atoms with van der Waals surface area (Å²) in [4.78, 5) is 9.02. The highest BCUT2D eigenvalue weighted by atomic mass is 19.4. The van der Waals surface area contributed by atoms with Crippen molar-refractivity contribution in [3.63, 3.8) is 0 Å². The summed E-state index contributed by atoms with van der Waals surface area (Å²) in [7, 11) is 3.97. The molecule has 0 saturated heterocycles. The number of halogens is 3. The monoisotopic (exact) mass is 422 g/mol. The van der Waals surface area contributed by atoms with E-state index < -0.39 is 12.8 Å². The first kappa shape index (κ1) is 22.4. The molecule has 0 fully saturated rings. The van der Waals surface area contributed by atoms with Crippen LogP contribution in [0.4, 0.5) is 19.0 Å². The second-order valence-electron chi connectivity index (χ2n) is 7.98. The van der Waals surface area contributed by atoms with Gasteiger partial charge in [-0.1, -0.05) is 18.2 Å². The third-order valence-electron chi connectivity index (χ3n) is 5.10. The van der Waals surface area contributed by atoms with Crippen molar-refractivity contribution < 1.29 is 17.9 Å². The normalized spacial score (nSPS) is 13.6. The average molecular weight is 422 g/mol. The van der Waals surface area contributed by atoms with Crippen LogP contribution in [0, 0.1) is 0 Å². The fraction of sp³-hybridized carbons (Fsp3) is 0.500. The third kappa shape index (κ3) is 5.43. The van der Waals surface area contributed by atoms with E-state index in [1.165, 1.54) is 0 Å². The van der Waals surface area contributed by atoms with Crippen molar-refractivity contribution in [1.82, 2.24) is 15.2 Å². The van der Waals surface area contributed by atoms with E-state index in [1.807, 2.05) is 45.2 Å². The van der Waals surface area contributed by atoms with Crippen molar-refractivity contribution in [2.24, 2.45) is 0 Å². The number of ether oxygens (including phenoxy) is 1. The fourth-order valence-electron chi connectivity index (χ4n) is 3.46. The highest BCUT2D eigenvalue weighted by Gasteiger charge is 2.34. The number of nitrogens with one attached hydrogen (secondary N) is 1. The lowest BCUT2D eigenvalue weighted by molar-refractivity contribution is -0.153. The van der Waals surface area contributed by atoms with Gasteiger partial charge in [0.25, 0.3) is 0 Å². The van der Waals surface area contributed by atoms with Crippen LogP contribution < -0.4 is 15.0 Å². The lowest BCUT2D eigenvalue weighted by Gasteiger charge is -2.39. The van der Waals surface area contributed by atoms with Gasteiger partial charge in [-0.2, -0.15) is 13.2 Å². The average Bonchev–Trinajstić information content (AvgIpc) is 2.65. The van der Waals surface area contributed by atoms with Crippen LogP contribution in [0.2, 0.25) is 0 Å². The Bertz CT molecular complexity index is 870. The molecule has 0 bridgehead atoms. The number of alkyl halides is 3. The van der Waals surface area contributed by atoms with Crippen LogP contribution in [0.15, 0.2) is 30.3 Å². The molecule has 164 valence electrons. The molecule has 30 heavy (non-hydrogen) atoms. The highest BCUT2D eigenvalue weighted by Crippen LogP contribution is 2.42. The zero-order valence-corrected chi connectivity index (χ0v) is 17.9. The predicted octanol–water partition coefficient (Wildman–Crippen LogP) is 4.07. The van der Waals surface area contributed by atoms with Gasteiger partial charge in [-0.05, 0) is 39.6 Å². The molecule has 0 saturated carbocycles. The minimum Gasteiger partial charge on any atom is -0.484 e. The molecule has 5 nitrogen and oxygen atoms in total. The second-order valence-corrected chi connectivity index (χ2v) is 7.98. The van der Waals surface area contributed by atoms with Crippen LogP contribution in [0.3, 0.4) is 0 Å². The molecule has 0 radical (unpaired) electrons. The van der Waals surface area contributed by atoms with Crippen molar-refractivity contribution in [2.45, 2.75) is 39.2 Å². The molecule has 0 amide bonds. The van der Waals surface area contributed by atoms with Crippen LogP contribution >= 0.6 is 0 Å². The molecule has 1 aromatic heterocycles. The molecule has 1 aliphatic heterocycles. The quantitative estimate of drug-likeness (QED) is 0.660. The maximum absolute atomic E-state index is 12.7. The Balaban J connectivity index is 1.89. The number of rotatable bonds is 9. The van der Waals surface area contributed by atoms with E-state index in [2.05, 4.69) is 22.2 Å². The highest BCUT2D eigenvalue weighted by molar-refractivity contribution is 5.72. The largest absolute Gasteiger partial charge is 0.484 e. The summed E-state index contributed by atoms with van der Waals surface area (Å²) < 4.78 is 43.3. The van der Waals surface area contributed by atoms with Crippen molar-refractivity contribution in [3.8, 4) is 17.0 Å². The molecule has 2 aromatic rings. The second kappa shape index (κ2) is 9.22. The van der Waals surface area contributed by atoms with Crippen LogP contribution in [0.5, 0.6) is 5.75 Å². The first-order chi connectivity index (χ1) is 14.2. The summed E-state index contributed by atoms with van der Waals surface area (Å²) in [6.45, 7) is 5.90. The van der Waals surface area contributed by atoms with Crippen LogP contribution in [0.25, 0.3) is 11.3 Å². The molecule has 1 N–H and O–H groups in total. The summed E-state index contributed by atoms with van der Waals surface area (Å²) in [5.41, 5.74) is 3.34. The van der Waals surface area contributed by atoms with Gasteiger partial charge in [0, 0.05) is 37.3 Å². The first-order valence-electron chi connectivity index (χ1n) is 10.1. The van der Waals surface area contributed by atoms with E-state index in [-0.39, 0.29) is 11.8 Å². The van der Waals surface area contributed by atoms with Gasteiger partial charge in [-0.25, -0.2) is 4.98 Å². The molecule has 2 heterocycles. The Hall–Kier alpha value is -2.32. The first-order valence-corrected chi connectivity index (χ1v) is 10.1. The number of anilines is 1. The number of aromatic nitrogens is 1. The number of hydrogen-bond acceptors (Lipinski definition) is 5. The molecule has 0 aliphatic carbocycles. The Morgan fingerprint density at radius 3 is 2.70 bits per heavy atom. The smallest absolute Gasteiger partial charge is 0.422 e. The molecule has 0 unspecified atom stereocenters. The van der Waals surface area contributed by atoms with E-state index in [9.17, 15) is 13.2 Å². The van der Waals surface area contributed by atoms with Crippen molar-refractivity contribution in [2.75, 3.05) is 38.7 Å². The Kier molecular flexibility index (Phi) is 6.88. The molecular weight excluding hydrogens is 393 g/mol. The van der Waals surface area contributed by atoms with Gasteiger partial charge in [-0.3, -0.25) is 0 Å². The lowest BCUT2D eigenvalue weighted by Crippen LogP contribution is -2.39. The fourth-order valence-corrected chi connectivity index (χ4v) is 3.46. The molecule has 1 aromatic carbocycles. The van der Waals surface area contributed by atoms with Crippen LogP contribution in [0.1, 0.15) is 25.0 Å². The zero-order chi connectivity index (χ0) is 21.9. The Morgan fingerprint density at radius 1 is 1.27 bits per heavy atom. The molecule has 0 atom stereocenters. The number of nitrogens with zero attached hydrogens (tertiary/aromatic N) is 3. The van der Waals surface area contributed by atoms with E-state index in [4.69, 9.17) is 9.72 Å². The van der Waals surface area contributed by atoms with Gasteiger partial charge < -0.3 is 19.9 Å². The van der Waals surface area contributed by atoms with Crippen LogP contribution in [-0.2, 0) is 13.1 Å². The topological polar surface area (TPSA) is 40.6 Å². The third-order valence-corrected chi connectivity index (χ3v) is 5.10. The number of fused-ring (bicyclic) bond motifs is 1. The minimum atomic E-state index is -4.38. The van der Waals surface area contributed by atoms with Crippen molar-refractivity contribution >= 4 is 5.82 Å². The Morgan fingerprint density at radius 2 is 2.03 bits per heavy atom. The SMILES string of the molecule is CNCCN(C)Cc1cccc(-c2cc(OCC(F)(F)F)c3c(n2)N(C(C)C)C3)c1. The maximum Gasteiger partial charge on any atom is 0.422 e. The summed E-state index contributed by atoms with van der Waals surface area (Å²) in [6.07, 6.45) is -4.38. The van der Waals surface area contributed by atoms with Gasteiger partial charge in [0.05, 0.1) is 17.8 Å². The predicted molar refractivity (Wildman–Crippen MR) is 113 cm³/mol. The van der Waals surface area contributed by atoms with E-state index in [0.29, 0.717) is 18.1 Å². The molecule has 0 spiro atoms. The summed E-state index contributed by atoms with van der Waals surface area (Å²) in [6, 6.07) is 9.80. The minimum absolute atomic E-state index is 0.211. The maximum atomic E-state index is 12.7. The van der Waals surface area contributed by atoms with Gasteiger partial charge in [0.1, 0.15) is 11.6 Å². The number of benzene rings is 1. The zero-order valence-electron chi connectivity index (χ0n) is 17.9. The van der Waals surface area contributed by atoms with E-state index >= 15 is 0 Å².